The highest BCUT2D eigenvalue weighted by atomic mass is 16.4. The number of aromatic nitrogens is 1. The summed E-state index contributed by atoms with van der Waals surface area (Å²) >= 11 is 0. The predicted molar refractivity (Wildman–Crippen MR) is 106 cm³/mol. The number of aliphatic hydroxyl groups is 1. The standard InChI is InChI=1S/C20H26N4O5/c1-11(25)17(21)19(27)24-8-4-7-16(24)18(26)23-15(20(28)29)9-12-10-22-14-6-3-2-5-13(12)14/h2-3,5-6,10-11,15-17,22,25H,4,7-9,21H2,1H3,(H,23,26)(H,28,29). The average Bonchev–Trinajstić information content (AvgIpc) is 3.33. The van der Waals surface area contributed by atoms with E-state index in [1.807, 2.05) is 24.3 Å². The fourth-order valence-corrected chi connectivity index (χ4v) is 3.69. The van der Waals surface area contributed by atoms with Crippen LogP contribution in [0.2, 0.25) is 0 Å². The van der Waals surface area contributed by atoms with E-state index in [4.69, 9.17) is 5.73 Å². The number of carbonyl (C=O) groups excluding carboxylic acids is 2. The number of carbonyl (C=O) groups is 3. The van der Waals surface area contributed by atoms with Crippen molar-refractivity contribution in [3.63, 3.8) is 0 Å². The van der Waals surface area contributed by atoms with Gasteiger partial charge in [0.2, 0.25) is 11.8 Å². The van der Waals surface area contributed by atoms with E-state index in [0.29, 0.717) is 19.4 Å². The van der Waals surface area contributed by atoms with Gasteiger partial charge in [-0.1, -0.05) is 18.2 Å². The van der Waals surface area contributed by atoms with Crippen LogP contribution in [0.1, 0.15) is 25.3 Å². The lowest BCUT2D eigenvalue weighted by Gasteiger charge is -2.28. The molecule has 2 aromatic rings. The van der Waals surface area contributed by atoms with E-state index in [-0.39, 0.29) is 6.42 Å². The van der Waals surface area contributed by atoms with Crippen molar-refractivity contribution in [1.29, 1.82) is 0 Å². The van der Waals surface area contributed by atoms with Crippen molar-refractivity contribution in [2.24, 2.45) is 5.73 Å². The van der Waals surface area contributed by atoms with Crippen LogP contribution in [-0.4, -0.2) is 68.7 Å². The van der Waals surface area contributed by atoms with E-state index in [1.165, 1.54) is 11.8 Å². The predicted octanol–water partition coefficient (Wildman–Crippen LogP) is -0.0211. The number of nitrogens with one attached hydrogen (secondary N) is 2. The van der Waals surface area contributed by atoms with E-state index in [9.17, 15) is 24.6 Å². The molecular weight excluding hydrogens is 376 g/mol. The lowest BCUT2D eigenvalue weighted by molar-refractivity contribution is -0.144. The SMILES string of the molecule is CC(O)C(N)C(=O)N1CCCC1C(=O)NC(Cc1c[nH]c2ccccc12)C(=O)O. The van der Waals surface area contributed by atoms with Crippen LogP contribution >= 0.6 is 0 Å². The minimum atomic E-state index is -1.15. The van der Waals surface area contributed by atoms with Crippen LogP contribution in [0.3, 0.4) is 0 Å². The maximum atomic E-state index is 12.8. The molecule has 1 aliphatic heterocycles. The smallest absolute Gasteiger partial charge is 0.326 e. The zero-order chi connectivity index (χ0) is 21.1. The second-order valence-corrected chi connectivity index (χ2v) is 7.42. The zero-order valence-corrected chi connectivity index (χ0v) is 16.2. The Morgan fingerprint density at radius 2 is 2.07 bits per heavy atom. The normalized spacial score (nSPS) is 19.7. The number of nitrogens with zero attached hydrogens (tertiary/aromatic N) is 1. The summed E-state index contributed by atoms with van der Waals surface area (Å²) in [6.07, 6.45) is 1.83. The molecule has 6 N–H and O–H groups in total. The number of carboxylic acid groups (broad SMARTS) is 1. The molecule has 9 heteroatoms. The van der Waals surface area contributed by atoms with Gasteiger partial charge in [-0.2, -0.15) is 0 Å². The molecule has 0 radical (unpaired) electrons. The first-order chi connectivity index (χ1) is 13.8. The quantitative estimate of drug-likeness (QED) is 0.439. The van der Waals surface area contributed by atoms with E-state index in [2.05, 4.69) is 10.3 Å². The average molecular weight is 402 g/mol. The number of nitrogens with two attached hydrogens (primary N) is 1. The Bertz CT molecular complexity index is 909. The molecule has 1 aromatic carbocycles. The van der Waals surface area contributed by atoms with E-state index < -0.39 is 42.0 Å². The summed E-state index contributed by atoms with van der Waals surface area (Å²) in [6.45, 7) is 1.76. The number of hydrogen-bond donors (Lipinski definition) is 5. The first kappa shape index (κ1) is 20.8. The summed E-state index contributed by atoms with van der Waals surface area (Å²) in [5, 5.41) is 22.6. The Hall–Kier alpha value is -2.91. The molecule has 4 unspecified atom stereocenters. The second kappa shape index (κ2) is 8.62. The van der Waals surface area contributed by atoms with Crippen molar-refractivity contribution in [3.8, 4) is 0 Å². The van der Waals surface area contributed by atoms with Gasteiger partial charge in [-0.05, 0) is 31.4 Å². The Morgan fingerprint density at radius 1 is 1.34 bits per heavy atom. The number of benzene rings is 1. The van der Waals surface area contributed by atoms with Crippen molar-refractivity contribution in [2.45, 2.75) is 50.4 Å². The molecule has 0 saturated carbocycles. The Kier molecular flexibility index (Phi) is 6.19. The van der Waals surface area contributed by atoms with Crippen molar-refractivity contribution < 1.29 is 24.6 Å². The van der Waals surface area contributed by atoms with Gasteiger partial charge >= 0.3 is 5.97 Å². The van der Waals surface area contributed by atoms with Gasteiger partial charge in [-0.15, -0.1) is 0 Å². The lowest BCUT2D eigenvalue weighted by atomic mass is 10.0. The number of likely N-dealkylation sites (tertiary alicyclic amines) is 1. The highest BCUT2D eigenvalue weighted by Crippen LogP contribution is 2.21. The molecule has 0 bridgehead atoms. The van der Waals surface area contributed by atoms with Crippen LogP contribution in [0.15, 0.2) is 30.5 Å². The molecule has 4 atom stereocenters. The highest BCUT2D eigenvalue weighted by Gasteiger charge is 2.38. The largest absolute Gasteiger partial charge is 0.480 e. The molecule has 2 amide bonds. The van der Waals surface area contributed by atoms with Crippen molar-refractivity contribution >= 4 is 28.7 Å². The third kappa shape index (κ3) is 4.41. The first-order valence-corrected chi connectivity index (χ1v) is 9.62. The number of aromatic amines is 1. The van der Waals surface area contributed by atoms with E-state index in [0.717, 1.165) is 16.5 Å². The lowest BCUT2D eigenvalue weighted by Crippen LogP contribution is -2.56. The summed E-state index contributed by atoms with van der Waals surface area (Å²) in [6, 6.07) is 4.47. The molecular formula is C20H26N4O5. The molecule has 2 heterocycles. The minimum absolute atomic E-state index is 0.110. The molecule has 0 aliphatic carbocycles. The molecule has 0 spiro atoms. The van der Waals surface area contributed by atoms with Crippen LogP contribution in [-0.2, 0) is 20.8 Å². The fourth-order valence-electron chi connectivity index (χ4n) is 3.69. The van der Waals surface area contributed by atoms with Crippen molar-refractivity contribution in [1.82, 2.24) is 15.2 Å². The number of aliphatic carboxylic acids is 1. The van der Waals surface area contributed by atoms with Gasteiger partial charge in [0.25, 0.3) is 0 Å². The van der Waals surface area contributed by atoms with Crippen LogP contribution in [0.5, 0.6) is 0 Å². The number of aliphatic hydroxyl groups excluding tert-OH is 1. The van der Waals surface area contributed by atoms with Gasteiger partial charge in [-0.25, -0.2) is 4.79 Å². The van der Waals surface area contributed by atoms with Gasteiger partial charge in [0, 0.05) is 30.1 Å². The monoisotopic (exact) mass is 402 g/mol. The summed E-state index contributed by atoms with van der Waals surface area (Å²) in [5.74, 6) is -2.19. The Labute approximate surface area is 167 Å². The van der Waals surface area contributed by atoms with Crippen molar-refractivity contribution in [3.05, 3.63) is 36.0 Å². The number of rotatable bonds is 7. The Balaban J connectivity index is 1.72. The highest BCUT2D eigenvalue weighted by molar-refractivity contribution is 5.93. The molecule has 1 fully saturated rings. The summed E-state index contributed by atoms with van der Waals surface area (Å²) in [4.78, 5) is 41.4. The van der Waals surface area contributed by atoms with Gasteiger partial charge < -0.3 is 31.1 Å². The summed E-state index contributed by atoms with van der Waals surface area (Å²) in [5.41, 5.74) is 7.39. The number of fused-ring (bicyclic) bond motifs is 1. The summed E-state index contributed by atoms with van der Waals surface area (Å²) < 4.78 is 0. The maximum Gasteiger partial charge on any atom is 0.326 e. The topological polar surface area (TPSA) is 149 Å². The number of para-hydroxylation sites is 1. The fraction of sp³-hybridized carbons (Fsp3) is 0.450. The molecule has 1 saturated heterocycles. The Morgan fingerprint density at radius 3 is 2.76 bits per heavy atom. The van der Waals surface area contributed by atoms with Crippen LogP contribution in [0.4, 0.5) is 0 Å². The molecule has 9 nitrogen and oxygen atoms in total. The van der Waals surface area contributed by atoms with Gasteiger partial charge in [0.05, 0.1) is 6.10 Å². The number of amides is 2. The molecule has 1 aromatic heterocycles. The van der Waals surface area contributed by atoms with Gasteiger partial charge in [-0.3, -0.25) is 9.59 Å². The van der Waals surface area contributed by atoms with Gasteiger partial charge in [0.15, 0.2) is 0 Å². The van der Waals surface area contributed by atoms with E-state index in [1.54, 1.807) is 6.20 Å². The molecule has 3 rings (SSSR count). The van der Waals surface area contributed by atoms with Crippen LogP contribution in [0.25, 0.3) is 10.9 Å². The number of hydrogen-bond acceptors (Lipinski definition) is 5. The second-order valence-electron chi connectivity index (χ2n) is 7.42. The van der Waals surface area contributed by atoms with E-state index >= 15 is 0 Å². The minimum Gasteiger partial charge on any atom is -0.480 e. The first-order valence-electron chi connectivity index (χ1n) is 9.62. The summed E-state index contributed by atoms with van der Waals surface area (Å²) in [7, 11) is 0. The number of carboxylic acids is 1. The van der Waals surface area contributed by atoms with Crippen LogP contribution < -0.4 is 11.1 Å². The van der Waals surface area contributed by atoms with Crippen molar-refractivity contribution in [2.75, 3.05) is 6.54 Å². The maximum absolute atomic E-state index is 12.8. The molecule has 156 valence electrons. The van der Waals surface area contributed by atoms with Crippen LogP contribution in [0, 0.1) is 0 Å². The zero-order valence-electron chi connectivity index (χ0n) is 16.2. The third-order valence-electron chi connectivity index (χ3n) is 5.36. The molecule has 29 heavy (non-hydrogen) atoms. The third-order valence-corrected chi connectivity index (χ3v) is 5.36. The number of H-pyrrole nitrogens is 1. The van der Waals surface area contributed by atoms with Gasteiger partial charge in [0.1, 0.15) is 18.1 Å². The molecule has 1 aliphatic rings.